The number of nitrogens with one attached hydrogen (secondary N) is 1. The van der Waals surface area contributed by atoms with Crippen molar-refractivity contribution in [2.45, 2.75) is 58.4 Å². The van der Waals surface area contributed by atoms with E-state index in [2.05, 4.69) is 40.4 Å². The van der Waals surface area contributed by atoms with E-state index < -0.39 is 0 Å². The lowest BCUT2D eigenvalue weighted by Gasteiger charge is -2.22. The van der Waals surface area contributed by atoms with Crippen LogP contribution in [0.5, 0.6) is 5.88 Å². The molecule has 146 valence electrons. The van der Waals surface area contributed by atoms with Gasteiger partial charge in [0.1, 0.15) is 0 Å². The van der Waals surface area contributed by atoms with Gasteiger partial charge in [-0.15, -0.1) is 0 Å². The van der Waals surface area contributed by atoms with Crippen LogP contribution in [0.4, 0.5) is 5.95 Å². The van der Waals surface area contributed by atoms with Crippen LogP contribution < -0.4 is 10.1 Å². The molecule has 1 saturated carbocycles. The minimum absolute atomic E-state index is 0.499. The van der Waals surface area contributed by atoms with E-state index in [0.717, 1.165) is 40.1 Å². The molecule has 28 heavy (non-hydrogen) atoms. The molecule has 0 atom stereocenters. The van der Waals surface area contributed by atoms with Crippen LogP contribution >= 0.6 is 0 Å². The number of fused-ring (bicyclic) bond motifs is 1. The fraction of sp³-hybridized carbons (Fsp3) is 0.435. The largest absolute Gasteiger partial charge is 0.481 e. The number of aryl methyl sites for hydroxylation is 2. The minimum Gasteiger partial charge on any atom is -0.481 e. The second kappa shape index (κ2) is 8.13. The molecule has 1 aromatic carbocycles. The molecule has 0 spiro atoms. The Balaban J connectivity index is 1.73. The molecular weight excluding hydrogens is 348 g/mol. The molecule has 0 saturated heterocycles. The monoisotopic (exact) mass is 376 g/mol. The van der Waals surface area contributed by atoms with Gasteiger partial charge >= 0.3 is 0 Å². The van der Waals surface area contributed by atoms with Crippen molar-refractivity contribution < 1.29 is 4.74 Å². The maximum absolute atomic E-state index is 5.52. The molecule has 4 rings (SSSR count). The fourth-order valence-corrected chi connectivity index (χ4v) is 4.05. The fourth-order valence-electron chi connectivity index (χ4n) is 4.05. The Kier molecular flexibility index (Phi) is 5.42. The summed E-state index contributed by atoms with van der Waals surface area (Å²) in [4.78, 5) is 14.0. The van der Waals surface area contributed by atoms with E-state index in [1.807, 2.05) is 19.2 Å². The number of nitrogens with zero attached hydrogens (tertiary/aromatic N) is 3. The SMILES string of the molecule is CCc1cc(-c2ccc(C)nc2OC)cc2cnc(NC3CCCCC3)nc12. The lowest BCUT2D eigenvalue weighted by molar-refractivity contribution is 0.399. The lowest BCUT2D eigenvalue weighted by atomic mass is 9.96. The number of benzene rings is 1. The van der Waals surface area contributed by atoms with Gasteiger partial charge < -0.3 is 10.1 Å². The third kappa shape index (κ3) is 3.79. The Hall–Kier alpha value is -2.69. The Labute approximate surface area is 166 Å². The van der Waals surface area contributed by atoms with Crippen molar-refractivity contribution >= 4 is 16.9 Å². The van der Waals surface area contributed by atoms with E-state index in [9.17, 15) is 0 Å². The Morgan fingerprint density at radius 2 is 1.93 bits per heavy atom. The predicted molar refractivity (Wildman–Crippen MR) is 114 cm³/mol. The zero-order valence-corrected chi connectivity index (χ0v) is 17.0. The molecule has 1 aliphatic carbocycles. The highest BCUT2D eigenvalue weighted by molar-refractivity contribution is 5.88. The second-order valence-corrected chi connectivity index (χ2v) is 7.61. The van der Waals surface area contributed by atoms with Crippen LogP contribution in [0.15, 0.2) is 30.5 Å². The highest BCUT2D eigenvalue weighted by Gasteiger charge is 2.16. The first-order valence-electron chi connectivity index (χ1n) is 10.3. The second-order valence-electron chi connectivity index (χ2n) is 7.61. The van der Waals surface area contributed by atoms with E-state index in [1.165, 1.54) is 37.7 Å². The lowest BCUT2D eigenvalue weighted by Crippen LogP contribution is -2.23. The number of rotatable bonds is 5. The summed E-state index contributed by atoms with van der Waals surface area (Å²) >= 11 is 0. The van der Waals surface area contributed by atoms with Crippen LogP contribution in [0.3, 0.4) is 0 Å². The molecule has 1 N–H and O–H groups in total. The Bertz CT molecular complexity index is 980. The van der Waals surface area contributed by atoms with Gasteiger partial charge in [0.05, 0.1) is 12.6 Å². The maximum Gasteiger partial charge on any atom is 0.223 e. The summed E-state index contributed by atoms with van der Waals surface area (Å²) in [5.74, 6) is 1.40. The van der Waals surface area contributed by atoms with Gasteiger partial charge in [-0.3, -0.25) is 0 Å². The molecule has 2 heterocycles. The van der Waals surface area contributed by atoms with Gasteiger partial charge in [-0.25, -0.2) is 15.0 Å². The predicted octanol–water partition coefficient (Wildman–Crippen LogP) is 5.32. The summed E-state index contributed by atoms with van der Waals surface area (Å²) in [7, 11) is 1.67. The first-order valence-corrected chi connectivity index (χ1v) is 10.3. The van der Waals surface area contributed by atoms with Crippen molar-refractivity contribution in [1.29, 1.82) is 0 Å². The topological polar surface area (TPSA) is 59.9 Å². The number of hydrogen-bond donors (Lipinski definition) is 1. The molecule has 0 amide bonds. The van der Waals surface area contributed by atoms with Crippen molar-refractivity contribution in [1.82, 2.24) is 15.0 Å². The number of pyridine rings is 1. The number of ether oxygens (including phenoxy) is 1. The average Bonchev–Trinajstić information content (AvgIpc) is 2.73. The van der Waals surface area contributed by atoms with Gasteiger partial charge in [0, 0.05) is 28.9 Å². The molecule has 2 aromatic heterocycles. The van der Waals surface area contributed by atoms with Crippen molar-refractivity contribution in [2.75, 3.05) is 12.4 Å². The number of anilines is 1. The first kappa shape index (κ1) is 18.7. The zero-order chi connectivity index (χ0) is 19.5. The normalized spacial score (nSPS) is 15.0. The first-order chi connectivity index (χ1) is 13.7. The molecule has 0 unspecified atom stereocenters. The van der Waals surface area contributed by atoms with E-state index in [-0.39, 0.29) is 0 Å². The molecule has 5 nitrogen and oxygen atoms in total. The standard InChI is InChI=1S/C23H28N4O/c1-4-16-12-17(20-11-10-15(2)25-22(20)28-3)13-18-14-24-23(27-21(16)18)26-19-8-6-5-7-9-19/h10-14,19H,4-9H2,1-3H3,(H,24,26,27). The van der Waals surface area contributed by atoms with Crippen molar-refractivity contribution in [3.63, 3.8) is 0 Å². The summed E-state index contributed by atoms with van der Waals surface area (Å²) in [5, 5.41) is 4.59. The van der Waals surface area contributed by atoms with Crippen molar-refractivity contribution in [3.8, 4) is 17.0 Å². The van der Waals surface area contributed by atoms with Crippen LogP contribution in [0.25, 0.3) is 22.0 Å². The van der Waals surface area contributed by atoms with Crippen LogP contribution in [-0.4, -0.2) is 28.1 Å². The smallest absolute Gasteiger partial charge is 0.223 e. The van der Waals surface area contributed by atoms with Crippen LogP contribution in [0.1, 0.15) is 50.3 Å². The average molecular weight is 377 g/mol. The van der Waals surface area contributed by atoms with Gasteiger partial charge in [0.2, 0.25) is 11.8 Å². The van der Waals surface area contributed by atoms with Crippen LogP contribution in [0, 0.1) is 6.92 Å². The van der Waals surface area contributed by atoms with Gasteiger partial charge in [-0.2, -0.15) is 0 Å². The molecular formula is C23H28N4O. The van der Waals surface area contributed by atoms with Crippen molar-refractivity contribution in [2.24, 2.45) is 0 Å². The zero-order valence-electron chi connectivity index (χ0n) is 17.0. The molecule has 0 bridgehead atoms. The molecule has 0 aliphatic heterocycles. The summed E-state index contributed by atoms with van der Waals surface area (Å²) in [6.45, 7) is 4.14. The molecule has 3 aromatic rings. The van der Waals surface area contributed by atoms with Gasteiger partial charge in [-0.1, -0.05) is 26.2 Å². The number of hydrogen-bond acceptors (Lipinski definition) is 5. The molecule has 1 aliphatic rings. The highest BCUT2D eigenvalue weighted by Crippen LogP contribution is 2.33. The molecule has 5 heteroatoms. The quantitative estimate of drug-likeness (QED) is 0.653. The molecule has 1 fully saturated rings. The number of aromatic nitrogens is 3. The Morgan fingerprint density at radius 1 is 1.11 bits per heavy atom. The van der Waals surface area contributed by atoms with Gasteiger partial charge in [0.15, 0.2) is 0 Å². The van der Waals surface area contributed by atoms with E-state index in [1.54, 1.807) is 7.11 Å². The summed E-state index contributed by atoms with van der Waals surface area (Å²) in [6.07, 6.45) is 9.19. The van der Waals surface area contributed by atoms with Gasteiger partial charge in [0.25, 0.3) is 0 Å². The highest BCUT2D eigenvalue weighted by atomic mass is 16.5. The third-order valence-corrected chi connectivity index (χ3v) is 5.59. The van der Waals surface area contributed by atoms with Crippen molar-refractivity contribution in [3.05, 3.63) is 41.7 Å². The van der Waals surface area contributed by atoms with Crippen LogP contribution in [0.2, 0.25) is 0 Å². The van der Waals surface area contributed by atoms with E-state index in [4.69, 9.17) is 9.72 Å². The summed E-state index contributed by atoms with van der Waals surface area (Å²) in [5.41, 5.74) is 5.26. The third-order valence-electron chi connectivity index (χ3n) is 5.59. The number of methoxy groups -OCH3 is 1. The maximum atomic E-state index is 5.52. The minimum atomic E-state index is 0.499. The summed E-state index contributed by atoms with van der Waals surface area (Å²) in [6, 6.07) is 8.92. The van der Waals surface area contributed by atoms with E-state index >= 15 is 0 Å². The molecule has 0 radical (unpaired) electrons. The van der Waals surface area contributed by atoms with Crippen LogP contribution in [-0.2, 0) is 6.42 Å². The Morgan fingerprint density at radius 3 is 2.68 bits per heavy atom. The van der Waals surface area contributed by atoms with E-state index in [0.29, 0.717) is 11.9 Å². The summed E-state index contributed by atoms with van der Waals surface area (Å²) < 4.78 is 5.52. The van der Waals surface area contributed by atoms with Gasteiger partial charge in [-0.05, 0) is 61.6 Å².